The van der Waals surface area contributed by atoms with Gasteiger partial charge in [0.1, 0.15) is 11.6 Å². The van der Waals surface area contributed by atoms with Crippen LogP contribution in [0.3, 0.4) is 0 Å². The first kappa shape index (κ1) is 17.0. The lowest BCUT2D eigenvalue weighted by Crippen LogP contribution is -2.34. The molecule has 0 amide bonds. The number of likely N-dealkylation sites (tertiary alicyclic amines) is 1. The Morgan fingerprint density at radius 1 is 1.04 bits per heavy atom. The van der Waals surface area contributed by atoms with Crippen LogP contribution in [-0.4, -0.2) is 37.9 Å². The Bertz CT molecular complexity index is 856. The largest absolute Gasteiger partial charge is 0.345 e. The van der Waals surface area contributed by atoms with E-state index in [1.54, 1.807) is 0 Å². The Balaban J connectivity index is 1.22. The van der Waals surface area contributed by atoms with Crippen LogP contribution in [-0.2, 0) is 13.0 Å². The van der Waals surface area contributed by atoms with Crippen molar-refractivity contribution in [3.05, 3.63) is 47.8 Å². The smallest absolute Gasteiger partial charge is 0.111 e. The molecule has 3 heterocycles. The minimum atomic E-state index is 0.493. The molecule has 1 atom stereocenters. The van der Waals surface area contributed by atoms with Crippen LogP contribution >= 0.6 is 0 Å². The molecule has 1 aromatic carbocycles. The summed E-state index contributed by atoms with van der Waals surface area (Å²) in [6.07, 6.45) is 11.2. The summed E-state index contributed by atoms with van der Waals surface area (Å²) in [5.41, 5.74) is 3.48. The predicted molar refractivity (Wildman–Crippen MR) is 108 cm³/mol. The summed E-state index contributed by atoms with van der Waals surface area (Å²) in [7, 11) is 0. The number of H-pyrrole nitrogens is 2. The molecule has 5 rings (SSSR count). The maximum Gasteiger partial charge on any atom is 0.111 e. The molecule has 0 unspecified atom stereocenters. The first-order valence-electron chi connectivity index (χ1n) is 10.5. The normalized spacial score (nSPS) is 22.0. The molecule has 1 saturated carbocycles. The van der Waals surface area contributed by atoms with Gasteiger partial charge in [0.2, 0.25) is 0 Å². The Morgan fingerprint density at radius 2 is 1.93 bits per heavy atom. The number of aromatic nitrogens is 4. The van der Waals surface area contributed by atoms with Crippen molar-refractivity contribution < 1.29 is 0 Å². The van der Waals surface area contributed by atoms with Crippen molar-refractivity contribution in [2.24, 2.45) is 5.92 Å². The number of hydrogen-bond donors (Lipinski definition) is 2. The van der Waals surface area contributed by atoms with Crippen LogP contribution in [0, 0.1) is 5.92 Å². The Labute approximate surface area is 160 Å². The van der Waals surface area contributed by atoms with E-state index in [1.165, 1.54) is 50.0 Å². The maximum absolute atomic E-state index is 4.84. The van der Waals surface area contributed by atoms with Crippen molar-refractivity contribution in [1.29, 1.82) is 0 Å². The summed E-state index contributed by atoms with van der Waals surface area (Å²) < 4.78 is 0. The third-order valence-corrected chi connectivity index (χ3v) is 6.33. The third-order valence-electron chi connectivity index (χ3n) is 6.33. The lowest BCUT2D eigenvalue weighted by molar-refractivity contribution is 0.195. The maximum atomic E-state index is 4.84. The summed E-state index contributed by atoms with van der Waals surface area (Å²) >= 11 is 0. The van der Waals surface area contributed by atoms with E-state index in [0.29, 0.717) is 5.92 Å². The summed E-state index contributed by atoms with van der Waals surface area (Å²) in [4.78, 5) is 19.2. The number of para-hydroxylation sites is 2. The van der Waals surface area contributed by atoms with Gasteiger partial charge in [0.15, 0.2) is 0 Å². The lowest BCUT2D eigenvalue weighted by atomic mass is 9.97. The molecule has 2 fully saturated rings. The van der Waals surface area contributed by atoms with E-state index in [0.717, 1.165) is 48.8 Å². The molecule has 5 heteroatoms. The van der Waals surface area contributed by atoms with Gasteiger partial charge in [-0.15, -0.1) is 0 Å². The fourth-order valence-corrected chi connectivity index (χ4v) is 4.91. The van der Waals surface area contributed by atoms with Gasteiger partial charge in [0.25, 0.3) is 0 Å². The summed E-state index contributed by atoms with van der Waals surface area (Å²) in [5, 5.41) is 0. The second-order valence-electron chi connectivity index (χ2n) is 8.42. The first-order chi connectivity index (χ1) is 13.3. The van der Waals surface area contributed by atoms with E-state index >= 15 is 0 Å². The fraction of sp³-hybridized carbons (Fsp3) is 0.545. The van der Waals surface area contributed by atoms with Gasteiger partial charge < -0.3 is 9.97 Å². The van der Waals surface area contributed by atoms with Gasteiger partial charge in [-0.05, 0) is 37.4 Å². The molecule has 2 aliphatic rings. The van der Waals surface area contributed by atoms with Crippen LogP contribution < -0.4 is 0 Å². The zero-order valence-corrected chi connectivity index (χ0v) is 16.0. The molecule has 2 aromatic heterocycles. The molecular formula is C22H29N5. The highest BCUT2D eigenvalue weighted by molar-refractivity contribution is 5.74. The van der Waals surface area contributed by atoms with Crippen LogP contribution in [0.25, 0.3) is 11.0 Å². The Morgan fingerprint density at radius 3 is 2.81 bits per heavy atom. The van der Waals surface area contributed by atoms with Gasteiger partial charge in [-0.25, -0.2) is 9.97 Å². The minimum absolute atomic E-state index is 0.493. The van der Waals surface area contributed by atoms with Crippen molar-refractivity contribution in [2.45, 2.75) is 57.4 Å². The number of hydrogen-bond acceptors (Lipinski definition) is 3. The second kappa shape index (κ2) is 7.47. The van der Waals surface area contributed by atoms with Crippen molar-refractivity contribution in [2.75, 3.05) is 13.1 Å². The molecule has 3 aromatic rings. The van der Waals surface area contributed by atoms with Crippen LogP contribution in [0.5, 0.6) is 0 Å². The number of aromatic amines is 2. The van der Waals surface area contributed by atoms with Crippen molar-refractivity contribution in [3.8, 4) is 0 Å². The monoisotopic (exact) mass is 363 g/mol. The number of nitrogens with one attached hydrogen (secondary N) is 2. The molecule has 27 heavy (non-hydrogen) atoms. The van der Waals surface area contributed by atoms with E-state index in [-0.39, 0.29) is 0 Å². The molecule has 1 aliphatic carbocycles. The summed E-state index contributed by atoms with van der Waals surface area (Å²) in [6, 6.07) is 8.33. The molecule has 1 saturated heterocycles. The van der Waals surface area contributed by atoms with Gasteiger partial charge in [-0.2, -0.15) is 0 Å². The molecule has 0 spiro atoms. The summed E-state index contributed by atoms with van der Waals surface area (Å²) in [5.74, 6) is 3.67. The topological polar surface area (TPSA) is 60.6 Å². The average Bonchev–Trinajstić information content (AvgIpc) is 3.43. The zero-order valence-electron chi connectivity index (χ0n) is 16.0. The van der Waals surface area contributed by atoms with E-state index in [1.807, 2.05) is 0 Å². The number of rotatable bonds is 5. The predicted octanol–water partition coefficient (Wildman–Crippen LogP) is 4.40. The number of nitrogens with zero attached hydrogens (tertiary/aromatic N) is 3. The second-order valence-corrected chi connectivity index (χ2v) is 8.42. The Hall–Kier alpha value is -2.14. The highest BCUT2D eigenvalue weighted by Gasteiger charge is 2.24. The quantitative estimate of drug-likeness (QED) is 0.706. The van der Waals surface area contributed by atoms with Crippen LogP contribution in [0.1, 0.15) is 61.8 Å². The number of benzene rings is 1. The molecule has 2 N–H and O–H groups in total. The van der Waals surface area contributed by atoms with Crippen LogP contribution in [0.15, 0.2) is 30.5 Å². The van der Waals surface area contributed by atoms with Crippen molar-refractivity contribution >= 4 is 11.0 Å². The standard InChI is InChI=1S/C22H29N5/c1-2-7-16(6-1)12-21-23-13-18(24-21)15-27-11-5-8-17(14-27)22-25-19-9-3-4-10-20(19)26-22/h3-4,9-10,13,16-17H,1-2,5-8,11-12,14-15H2,(H,23,24)(H,25,26)/t17-/m0/s1. The number of imidazole rings is 2. The Kier molecular flexibility index (Phi) is 4.70. The molecule has 0 bridgehead atoms. The minimum Gasteiger partial charge on any atom is -0.345 e. The molecule has 5 nitrogen and oxygen atoms in total. The van der Waals surface area contributed by atoms with Crippen molar-refractivity contribution in [3.63, 3.8) is 0 Å². The SMILES string of the molecule is c1ccc2[nH]c([C@H]3CCCN(Cc4cnc(CC5CCCC5)[nH]4)C3)nc2c1. The van der Waals surface area contributed by atoms with Gasteiger partial charge in [-0.3, -0.25) is 4.90 Å². The highest BCUT2D eigenvalue weighted by Crippen LogP contribution is 2.29. The molecule has 1 aliphatic heterocycles. The molecule has 142 valence electrons. The van der Waals surface area contributed by atoms with E-state index in [4.69, 9.17) is 4.98 Å². The van der Waals surface area contributed by atoms with Crippen molar-refractivity contribution in [1.82, 2.24) is 24.8 Å². The molecule has 0 radical (unpaired) electrons. The van der Waals surface area contributed by atoms with E-state index < -0.39 is 0 Å². The van der Waals surface area contributed by atoms with Gasteiger partial charge >= 0.3 is 0 Å². The van der Waals surface area contributed by atoms with Crippen LogP contribution in [0.4, 0.5) is 0 Å². The average molecular weight is 364 g/mol. The lowest BCUT2D eigenvalue weighted by Gasteiger charge is -2.31. The third kappa shape index (κ3) is 3.79. The number of fused-ring (bicyclic) bond motifs is 1. The fourth-order valence-electron chi connectivity index (χ4n) is 4.91. The molecular weight excluding hydrogens is 334 g/mol. The van der Waals surface area contributed by atoms with E-state index in [9.17, 15) is 0 Å². The van der Waals surface area contributed by atoms with Crippen LogP contribution in [0.2, 0.25) is 0 Å². The zero-order chi connectivity index (χ0) is 18.1. The van der Waals surface area contributed by atoms with Gasteiger partial charge in [0, 0.05) is 37.3 Å². The summed E-state index contributed by atoms with van der Waals surface area (Å²) in [6.45, 7) is 3.19. The first-order valence-corrected chi connectivity index (χ1v) is 10.5. The number of piperidine rings is 1. The van der Waals surface area contributed by atoms with Gasteiger partial charge in [-0.1, -0.05) is 37.8 Å². The highest BCUT2D eigenvalue weighted by atomic mass is 15.2. The van der Waals surface area contributed by atoms with E-state index in [2.05, 4.69) is 50.3 Å². The van der Waals surface area contributed by atoms with Gasteiger partial charge in [0.05, 0.1) is 11.0 Å².